The molecule has 3 heterocycles. The zero-order chi connectivity index (χ0) is 22.3. The molecular formula is C24H35N7O. The van der Waals surface area contributed by atoms with Crippen LogP contribution in [0.5, 0.6) is 0 Å². The number of unbranched alkanes of at least 4 members (excludes halogenated alkanes) is 2. The van der Waals surface area contributed by atoms with E-state index in [1.165, 1.54) is 19.3 Å². The predicted octanol–water partition coefficient (Wildman–Crippen LogP) is 4.39. The lowest BCUT2D eigenvalue weighted by atomic mass is 9.96. The number of hydrogen-bond acceptors (Lipinski definition) is 5. The van der Waals surface area contributed by atoms with Gasteiger partial charge in [0.1, 0.15) is 16.9 Å². The number of amides is 2. The zero-order valence-electron chi connectivity index (χ0n) is 19.0. The van der Waals surface area contributed by atoms with Crippen LogP contribution in [0.3, 0.4) is 0 Å². The standard InChI is InChI=1S/C24H35N7O/c1-2-3-12-19-30-21-20-18(29-23(25)22(21)31-19)14-13-17(27-20)11-7-8-15-26-24(32)28-16-9-5-4-6-10-16/h13-14,16,27H,2-12,15H2,1H3,(H2,25,29)(H2,26,28,32). The summed E-state index contributed by atoms with van der Waals surface area (Å²) in [7, 11) is 0. The predicted molar refractivity (Wildman–Crippen MR) is 129 cm³/mol. The van der Waals surface area contributed by atoms with Crippen LogP contribution in [0.2, 0.25) is 0 Å². The number of aromatic nitrogens is 4. The Morgan fingerprint density at radius 1 is 1.06 bits per heavy atom. The summed E-state index contributed by atoms with van der Waals surface area (Å²) in [5.74, 6) is 1.26. The molecule has 0 bridgehead atoms. The molecule has 1 aliphatic carbocycles. The number of carbonyl (C=O) groups excluding carboxylic acids is 1. The van der Waals surface area contributed by atoms with Gasteiger partial charge in [-0.2, -0.15) is 0 Å². The third-order valence-electron chi connectivity index (χ3n) is 6.26. The van der Waals surface area contributed by atoms with Crippen molar-refractivity contribution in [1.82, 2.24) is 30.6 Å². The lowest BCUT2D eigenvalue weighted by Gasteiger charge is -2.22. The first-order valence-corrected chi connectivity index (χ1v) is 12.1. The highest BCUT2D eigenvalue weighted by molar-refractivity contribution is 6.03. The fraction of sp³-hybridized carbons (Fsp3) is 0.583. The second kappa shape index (κ2) is 10.6. The van der Waals surface area contributed by atoms with Crippen LogP contribution in [0.15, 0.2) is 12.1 Å². The summed E-state index contributed by atoms with van der Waals surface area (Å²) in [5.41, 5.74) is 10.4. The smallest absolute Gasteiger partial charge is 0.315 e. The Labute approximate surface area is 189 Å². The fourth-order valence-electron chi connectivity index (χ4n) is 4.45. The summed E-state index contributed by atoms with van der Waals surface area (Å²) in [6.45, 7) is 2.84. The van der Waals surface area contributed by atoms with Crippen LogP contribution in [-0.4, -0.2) is 38.6 Å². The molecule has 2 amide bonds. The number of nitrogens with one attached hydrogen (secondary N) is 3. The zero-order valence-corrected chi connectivity index (χ0v) is 19.0. The summed E-state index contributed by atoms with van der Waals surface area (Å²) in [5, 5.41) is 6.09. The van der Waals surface area contributed by atoms with E-state index in [-0.39, 0.29) is 6.03 Å². The minimum absolute atomic E-state index is 0.0334. The summed E-state index contributed by atoms with van der Waals surface area (Å²) in [6, 6.07) is 4.36. The molecule has 172 valence electrons. The molecule has 0 radical (unpaired) electrons. The second-order valence-corrected chi connectivity index (χ2v) is 8.87. The lowest BCUT2D eigenvalue weighted by Crippen LogP contribution is -2.43. The molecule has 1 aliphatic rings. The fourth-order valence-corrected chi connectivity index (χ4v) is 4.45. The molecule has 1 fully saturated rings. The molecule has 0 aliphatic heterocycles. The number of nitrogens with two attached hydrogens (primary N) is 1. The molecule has 4 rings (SSSR count). The Hall–Kier alpha value is -2.90. The van der Waals surface area contributed by atoms with E-state index in [0.717, 1.165) is 79.4 Å². The van der Waals surface area contributed by atoms with Crippen LogP contribution < -0.4 is 16.4 Å². The quantitative estimate of drug-likeness (QED) is 0.370. The Kier molecular flexibility index (Phi) is 7.39. The van der Waals surface area contributed by atoms with E-state index in [0.29, 0.717) is 23.9 Å². The second-order valence-electron chi connectivity index (χ2n) is 8.87. The van der Waals surface area contributed by atoms with E-state index in [9.17, 15) is 4.79 Å². The van der Waals surface area contributed by atoms with E-state index in [2.05, 4.69) is 38.6 Å². The molecule has 1 saturated carbocycles. The molecule has 8 nitrogen and oxygen atoms in total. The average molecular weight is 438 g/mol. The number of nitrogens with zero attached hydrogens (tertiary/aromatic N) is 3. The highest BCUT2D eigenvalue weighted by Gasteiger charge is 2.15. The minimum atomic E-state index is -0.0334. The van der Waals surface area contributed by atoms with E-state index < -0.39 is 0 Å². The monoisotopic (exact) mass is 437 g/mol. The number of urea groups is 1. The number of H-pyrrole nitrogens is 1. The van der Waals surface area contributed by atoms with Gasteiger partial charge in [-0.3, -0.25) is 0 Å². The maximum atomic E-state index is 12.1. The number of hydrogen-bond donors (Lipinski definition) is 4. The molecule has 8 heteroatoms. The molecule has 5 N–H and O–H groups in total. The van der Waals surface area contributed by atoms with Crippen molar-refractivity contribution in [3.63, 3.8) is 0 Å². The number of imidazole rings is 1. The number of aryl methyl sites for hydroxylation is 2. The van der Waals surface area contributed by atoms with Gasteiger partial charge in [-0.15, -0.1) is 0 Å². The van der Waals surface area contributed by atoms with Crippen molar-refractivity contribution in [2.75, 3.05) is 12.3 Å². The van der Waals surface area contributed by atoms with Gasteiger partial charge in [0.15, 0.2) is 5.82 Å². The van der Waals surface area contributed by atoms with E-state index >= 15 is 0 Å². The van der Waals surface area contributed by atoms with E-state index in [4.69, 9.17) is 10.7 Å². The van der Waals surface area contributed by atoms with Crippen LogP contribution in [0.25, 0.3) is 22.1 Å². The van der Waals surface area contributed by atoms with E-state index in [1.54, 1.807) is 0 Å². The molecule has 0 aromatic carbocycles. The number of nitrogen functional groups attached to an aromatic ring is 1. The molecule has 0 saturated heterocycles. The molecule has 3 aromatic rings. The Morgan fingerprint density at radius 2 is 1.88 bits per heavy atom. The molecule has 3 aromatic heterocycles. The van der Waals surface area contributed by atoms with Crippen molar-refractivity contribution in [2.45, 2.75) is 83.6 Å². The largest absolute Gasteiger partial charge is 0.382 e. The number of pyridine rings is 2. The van der Waals surface area contributed by atoms with Crippen molar-refractivity contribution in [3.8, 4) is 0 Å². The van der Waals surface area contributed by atoms with Crippen molar-refractivity contribution in [3.05, 3.63) is 23.7 Å². The first kappa shape index (κ1) is 22.3. The summed E-state index contributed by atoms with van der Waals surface area (Å²) >= 11 is 0. The van der Waals surface area contributed by atoms with Gasteiger partial charge in [0, 0.05) is 24.7 Å². The Morgan fingerprint density at radius 3 is 2.69 bits per heavy atom. The Bertz CT molecular complexity index is 1060. The number of rotatable bonds is 9. The van der Waals surface area contributed by atoms with Crippen LogP contribution in [0.1, 0.15) is 76.2 Å². The van der Waals surface area contributed by atoms with Crippen LogP contribution in [0.4, 0.5) is 10.6 Å². The van der Waals surface area contributed by atoms with Gasteiger partial charge in [-0.25, -0.2) is 19.7 Å². The summed E-state index contributed by atoms with van der Waals surface area (Å²) < 4.78 is 0. The summed E-state index contributed by atoms with van der Waals surface area (Å²) in [6.07, 6.45) is 11.8. The normalized spacial score (nSPS) is 14.8. The maximum Gasteiger partial charge on any atom is 0.315 e. The molecule has 0 spiro atoms. The van der Waals surface area contributed by atoms with Crippen molar-refractivity contribution in [2.24, 2.45) is 0 Å². The number of carbonyl (C=O) groups is 1. The molecular weight excluding hydrogens is 402 g/mol. The highest BCUT2D eigenvalue weighted by atomic mass is 16.2. The molecule has 32 heavy (non-hydrogen) atoms. The molecule has 0 atom stereocenters. The lowest BCUT2D eigenvalue weighted by molar-refractivity contribution is 0.232. The van der Waals surface area contributed by atoms with Crippen LogP contribution >= 0.6 is 0 Å². The van der Waals surface area contributed by atoms with Gasteiger partial charge >= 0.3 is 6.03 Å². The third-order valence-corrected chi connectivity index (χ3v) is 6.26. The average Bonchev–Trinajstić information content (AvgIpc) is 3.24. The topological polar surface area (TPSA) is 122 Å². The third kappa shape index (κ3) is 5.47. The van der Waals surface area contributed by atoms with Gasteiger partial charge < -0.3 is 21.4 Å². The van der Waals surface area contributed by atoms with Crippen molar-refractivity contribution < 1.29 is 4.79 Å². The number of aromatic amines is 1. The van der Waals surface area contributed by atoms with Gasteiger partial charge in [0.25, 0.3) is 0 Å². The van der Waals surface area contributed by atoms with Gasteiger partial charge in [-0.05, 0) is 50.7 Å². The van der Waals surface area contributed by atoms with Gasteiger partial charge in [-0.1, -0.05) is 32.6 Å². The Balaban J connectivity index is 1.32. The van der Waals surface area contributed by atoms with Crippen LogP contribution in [-0.2, 0) is 12.8 Å². The SMILES string of the molecule is CCCCc1nc2c(N)nc3ccc(CCCCNC(=O)NC4CCCCC4)[nH]c3c2n1. The summed E-state index contributed by atoms with van der Waals surface area (Å²) in [4.78, 5) is 29.4. The van der Waals surface area contributed by atoms with E-state index in [1.807, 2.05) is 6.07 Å². The first-order chi connectivity index (χ1) is 15.6. The maximum absolute atomic E-state index is 12.1. The number of fused-ring (bicyclic) bond motifs is 3. The van der Waals surface area contributed by atoms with Gasteiger partial charge in [0.05, 0.1) is 11.0 Å². The number of anilines is 1. The highest BCUT2D eigenvalue weighted by Crippen LogP contribution is 2.26. The van der Waals surface area contributed by atoms with Crippen molar-refractivity contribution >= 4 is 33.9 Å². The van der Waals surface area contributed by atoms with Crippen molar-refractivity contribution in [1.29, 1.82) is 0 Å². The first-order valence-electron chi connectivity index (χ1n) is 12.1. The minimum Gasteiger partial charge on any atom is -0.382 e. The van der Waals surface area contributed by atoms with Gasteiger partial charge in [0.2, 0.25) is 0 Å². The van der Waals surface area contributed by atoms with Crippen LogP contribution in [0, 0.1) is 0 Å². The molecule has 0 unspecified atom stereocenters.